The van der Waals surface area contributed by atoms with Gasteiger partial charge in [-0.2, -0.15) is 0 Å². The highest BCUT2D eigenvalue weighted by Gasteiger charge is 2.38. The van der Waals surface area contributed by atoms with E-state index in [1.165, 1.54) is 32.4 Å². The number of aromatic amines is 1. The highest BCUT2D eigenvalue weighted by molar-refractivity contribution is 6.10. The molecular weight excluding hydrogens is 426 g/mol. The van der Waals surface area contributed by atoms with Crippen molar-refractivity contribution in [2.24, 2.45) is 0 Å². The van der Waals surface area contributed by atoms with Gasteiger partial charge in [-0.3, -0.25) is 9.69 Å². The maximum atomic E-state index is 13.6. The fourth-order valence-electron chi connectivity index (χ4n) is 5.87. The third kappa shape index (κ3) is 4.50. The first-order valence-corrected chi connectivity index (χ1v) is 12.6. The van der Waals surface area contributed by atoms with E-state index in [1.807, 2.05) is 48.5 Å². The largest absolute Gasteiger partial charge is 0.496 e. The van der Waals surface area contributed by atoms with Crippen molar-refractivity contribution in [3.63, 3.8) is 0 Å². The van der Waals surface area contributed by atoms with Crippen LogP contribution in [0.1, 0.15) is 54.1 Å². The Balaban J connectivity index is 1.42. The van der Waals surface area contributed by atoms with Crippen molar-refractivity contribution < 1.29 is 14.6 Å². The van der Waals surface area contributed by atoms with Crippen molar-refractivity contribution in [2.45, 2.75) is 50.3 Å². The number of ketones is 1. The average molecular weight is 462 g/mol. The summed E-state index contributed by atoms with van der Waals surface area (Å²) in [4.78, 5) is 21.7. The van der Waals surface area contributed by atoms with Crippen molar-refractivity contribution >= 4 is 16.7 Å². The predicted molar refractivity (Wildman–Crippen MR) is 134 cm³/mol. The molecule has 2 atom stereocenters. The lowest BCUT2D eigenvalue weighted by molar-refractivity contribution is 0.0154. The number of carbonyl (C=O) groups is 1. The zero-order valence-corrected chi connectivity index (χ0v) is 20.0. The van der Waals surface area contributed by atoms with Crippen LogP contribution >= 0.6 is 0 Å². The second kappa shape index (κ2) is 10.3. The molecule has 2 aliphatic heterocycles. The second-order valence-corrected chi connectivity index (χ2v) is 9.61. The molecule has 6 heteroatoms. The number of Topliss-reactive ketones (excluding diaryl/α,β-unsaturated/α-hetero) is 1. The Bertz CT molecular complexity index is 1110. The lowest BCUT2D eigenvalue weighted by Gasteiger charge is -2.43. The Morgan fingerprint density at radius 3 is 2.47 bits per heavy atom. The number of nitrogens with zero attached hydrogens (tertiary/aromatic N) is 2. The molecule has 2 N–H and O–H groups in total. The van der Waals surface area contributed by atoms with Crippen LogP contribution in [0.5, 0.6) is 5.75 Å². The summed E-state index contributed by atoms with van der Waals surface area (Å²) in [6, 6.07) is 15.6. The number of rotatable bonds is 7. The molecule has 5 rings (SSSR count). The number of aliphatic hydroxyl groups is 1. The summed E-state index contributed by atoms with van der Waals surface area (Å²) < 4.78 is 5.66. The molecule has 0 amide bonds. The third-order valence-electron chi connectivity index (χ3n) is 7.68. The third-order valence-corrected chi connectivity index (χ3v) is 7.68. The van der Waals surface area contributed by atoms with E-state index in [4.69, 9.17) is 4.74 Å². The molecule has 1 aromatic heterocycles. The van der Waals surface area contributed by atoms with E-state index in [0.29, 0.717) is 17.4 Å². The van der Waals surface area contributed by atoms with Gasteiger partial charge in [-0.05, 0) is 50.9 Å². The van der Waals surface area contributed by atoms with Gasteiger partial charge >= 0.3 is 0 Å². The molecular formula is C28H35N3O3. The molecule has 2 aliphatic rings. The van der Waals surface area contributed by atoms with E-state index in [1.54, 1.807) is 13.3 Å². The maximum Gasteiger partial charge on any atom is 0.195 e. The van der Waals surface area contributed by atoms with E-state index in [9.17, 15) is 9.90 Å². The number of ether oxygens (including phenoxy) is 1. The summed E-state index contributed by atoms with van der Waals surface area (Å²) >= 11 is 0. The van der Waals surface area contributed by atoms with E-state index in [-0.39, 0.29) is 5.78 Å². The highest BCUT2D eigenvalue weighted by atomic mass is 16.5. The van der Waals surface area contributed by atoms with Gasteiger partial charge < -0.3 is 19.7 Å². The Kier molecular flexibility index (Phi) is 6.99. The molecule has 34 heavy (non-hydrogen) atoms. The summed E-state index contributed by atoms with van der Waals surface area (Å²) in [6.07, 6.45) is 6.57. The summed E-state index contributed by atoms with van der Waals surface area (Å²) in [5.41, 5.74) is 2.29. The molecule has 2 aromatic carbocycles. The topological polar surface area (TPSA) is 68.8 Å². The monoisotopic (exact) mass is 461 g/mol. The molecule has 0 saturated carbocycles. The van der Waals surface area contributed by atoms with Crippen molar-refractivity contribution in [2.75, 3.05) is 33.3 Å². The van der Waals surface area contributed by atoms with Crippen molar-refractivity contribution in [3.8, 4) is 5.75 Å². The van der Waals surface area contributed by atoms with E-state index < -0.39 is 12.1 Å². The minimum Gasteiger partial charge on any atom is -0.496 e. The zero-order chi connectivity index (χ0) is 23.5. The number of carbonyl (C=O) groups excluding carboxylic acids is 1. The molecule has 180 valence electrons. The number of aromatic nitrogens is 1. The summed E-state index contributed by atoms with van der Waals surface area (Å²) in [5, 5.41) is 12.4. The minimum absolute atomic E-state index is 0.258. The second-order valence-electron chi connectivity index (χ2n) is 9.61. The van der Waals surface area contributed by atoms with Gasteiger partial charge in [0.05, 0.1) is 13.2 Å². The Hall–Kier alpha value is -2.67. The normalized spacial score (nSPS) is 20.3. The molecule has 0 unspecified atom stereocenters. The van der Waals surface area contributed by atoms with Crippen LogP contribution in [0.4, 0.5) is 0 Å². The minimum atomic E-state index is -1.19. The summed E-state index contributed by atoms with van der Waals surface area (Å²) in [6.45, 7) is 4.09. The first-order chi connectivity index (χ1) is 16.7. The number of fused-ring (bicyclic) bond motifs is 1. The van der Waals surface area contributed by atoms with Crippen LogP contribution in [0.25, 0.3) is 10.9 Å². The fraction of sp³-hybridized carbons (Fsp3) is 0.464. The van der Waals surface area contributed by atoms with Crippen LogP contribution in [0.2, 0.25) is 0 Å². The smallest absolute Gasteiger partial charge is 0.195 e. The Morgan fingerprint density at radius 2 is 1.71 bits per heavy atom. The molecule has 2 saturated heterocycles. The lowest BCUT2D eigenvalue weighted by Crippen LogP contribution is -2.50. The molecule has 3 aromatic rings. The van der Waals surface area contributed by atoms with Crippen molar-refractivity contribution in [3.05, 3.63) is 65.9 Å². The molecule has 3 heterocycles. The van der Waals surface area contributed by atoms with Gasteiger partial charge in [0.15, 0.2) is 5.78 Å². The molecule has 0 spiro atoms. The number of piperidine rings is 2. The number of H-pyrrole nitrogens is 1. The van der Waals surface area contributed by atoms with Gasteiger partial charge in [0, 0.05) is 47.4 Å². The number of methoxy groups -OCH3 is 1. The number of aliphatic hydroxyl groups excluding tert-OH is 1. The van der Waals surface area contributed by atoms with Crippen LogP contribution in [0.3, 0.4) is 0 Å². The van der Waals surface area contributed by atoms with Crippen LogP contribution < -0.4 is 4.74 Å². The Labute approximate surface area is 201 Å². The predicted octanol–water partition coefficient (Wildman–Crippen LogP) is 4.41. The number of likely N-dealkylation sites (tertiary alicyclic amines) is 2. The molecule has 2 fully saturated rings. The van der Waals surface area contributed by atoms with Gasteiger partial charge in [-0.1, -0.05) is 42.8 Å². The summed E-state index contributed by atoms with van der Waals surface area (Å²) in [7, 11) is 1.65. The van der Waals surface area contributed by atoms with Crippen LogP contribution in [-0.4, -0.2) is 71.1 Å². The van der Waals surface area contributed by atoms with Gasteiger partial charge in [0.2, 0.25) is 0 Å². The SMILES string of the molecule is COc1ccccc1[C@H]([C@H](O)C(=O)c1c[nH]c2ccccc12)N1CCC(N2CCCCC2)CC1. The van der Waals surface area contributed by atoms with Gasteiger partial charge in [-0.15, -0.1) is 0 Å². The molecule has 0 aliphatic carbocycles. The van der Waals surface area contributed by atoms with Crippen LogP contribution in [0.15, 0.2) is 54.7 Å². The van der Waals surface area contributed by atoms with E-state index >= 15 is 0 Å². The maximum absolute atomic E-state index is 13.6. The number of nitrogens with one attached hydrogen (secondary N) is 1. The van der Waals surface area contributed by atoms with Gasteiger partial charge in [0.1, 0.15) is 11.9 Å². The number of para-hydroxylation sites is 2. The van der Waals surface area contributed by atoms with E-state index in [2.05, 4.69) is 14.8 Å². The van der Waals surface area contributed by atoms with Crippen molar-refractivity contribution in [1.29, 1.82) is 0 Å². The standard InChI is InChI=1S/C28H35N3O3/c1-34-25-12-6-4-10-22(25)26(31-17-13-20(14-18-31)30-15-7-2-8-16-30)28(33)27(32)23-19-29-24-11-5-3-9-21(23)24/h3-6,9-12,19-20,26,28-29,33H,2,7-8,13-18H2,1H3/t26-,28+/m1/s1. The first-order valence-electron chi connectivity index (χ1n) is 12.6. The van der Waals surface area contributed by atoms with Crippen LogP contribution in [0, 0.1) is 0 Å². The fourth-order valence-corrected chi connectivity index (χ4v) is 5.87. The number of hydrogen-bond donors (Lipinski definition) is 2. The molecule has 6 nitrogen and oxygen atoms in total. The lowest BCUT2D eigenvalue weighted by atomic mass is 9.90. The average Bonchev–Trinajstić information content (AvgIpc) is 3.34. The van der Waals surface area contributed by atoms with Gasteiger partial charge in [-0.25, -0.2) is 0 Å². The zero-order valence-electron chi connectivity index (χ0n) is 20.0. The highest BCUT2D eigenvalue weighted by Crippen LogP contribution is 2.36. The summed E-state index contributed by atoms with van der Waals surface area (Å²) in [5.74, 6) is 0.447. The molecule has 0 bridgehead atoms. The quantitative estimate of drug-likeness (QED) is 0.510. The Morgan fingerprint density at radius 1 is 1.00 bits per heavy atom. The van der Waals surface area contributed by atoms with Gasteiger partial charge in [0.25, 0.3) is 0 Å². The first kappa shape index (κ1) is 23.1. The molecule has 0 radical (unpaired) electrons. The van der Waals surface area contributed by atoms with Crippen LogP contribution in [-0.2, 0) is 0 Å². The number of benzene rings is 2. The number of hydrogen-bond acceptors (Lipinski definition) is 5. The van der Waals surface area contributed by atoms with Crippen molar-refractivity contribution in [1.82, 2.24) is 14.8 Å². The van der Waals surface area contributed by atoms with E-state index in [0.717, 1.165) is 42.4 Å².